The number of hydrogen-bond donors (Lipinski definition) is 2. The van der Waals surface area contributed by atoms with Crippen molar-refractivity contribution in [3.8, 4) is 0 Å². The van der Waals surface area contributed by atoms with Crippen molar-refractivity contribution in [2.45, 2.75) is 26.2 Å². The van der Waals surface area contributed by atoms with E-state index in [2.05, 4.69) is 45.3 Å². The van der Waals surface area contributed by atoms with Crippen molar-refractivity contribution >= 4 is 58.1 Å². The molecule has 1 aliphatic heterocycles. The summed E-state index contributed by atoms with van der Waals surface area (Å²) in [6, 6.07) is 3.21. The summed E-state index contributed by atoms with van der Waals surface area (Å²) in [6.07, 6.45) is 0.686. The van der Waals surface area contributed by atoms with Gasteiger partial charge in [-0.05, 0) is 47.4 Å². The van der Waals surface area contributed by atoms with Crippen LogP contribution in [0.4, 0.5) is 0 Å². The van der Waals surface area contributed by atoms with E-state index in [9.17, 15) is 9.59 Å². The van der Waals surface area contributed by atoms with E-state index in [1.807, 2.05) is 7.05 Å². The van der Waals surface area contributed by atoms with Crippen molar-refractivity contribution in [1.29, 1.82) is 0 Å². The zero-order valence-electron chi connectivity index (χ0n) is 17.3. The van der Waals surface area contributed by atoms with Crippen molar-refractivity contribution < 1.29 is 18.9 Å². The number of nitrogens with one attached hydrogen (secondary N) is 2. The molecule has 0 bridgehead atoms. The van der Waals surface area contributed by atoms with Crippen LogP contribution in [0.3, 0.4) is 0 Å². The molecule has 0 spiro atoms. The first-order valence-electron chi connectivity index (χ1n) is 9.81. The molecule has 1 aliphatic rings. The van der Waals surface area contributed by atoms with E-state index < -0.39 is 13.0 Å². The molecule has 2 rings (SSSR count). The molecule has 0 radical (unpaired) electrons. The summed E-state index contributed by atoms with van der Waals surface area (Å²) >= 11 is 15.4. The Labute approximate surface area is 196 Å². The molecule has 0 unspecified atom stereocenters. The Morgan fingerprint density at radius 2 is 1.87 bits per heavy atom. The first kappa shape index (κ1) is 25.4. The van der Waals surface area contributed by atoms with Gasteiger partial charge in [-0.3, -0.25) is 9.59 Å². The Kier molecular flexibility index (Phi) is 10.4. The lowest BCUT2D eigenvalue weighted by Crippen LogP contribution is -2.54. The highest BCUT2D eigenvalue weighted by Gasteiger charge is 2.33. The first-order valence-corrected chi connectivity index (χ1v) is 11.4. The van der Waals surface area contributed by atoms with Crippen LogP contribution >= 0.6 is 39.1 Å². The summed E-state index contributed by atoms with van der Waals surface area (Å²) in [6.45, 7) is 6.55. The predicted octanol–water partition coefficient (Wildman–Crippen LogP) is 3.02. The second kappa shape index (κ2) is 12.3. The van der Waals surface area contributed by atoms with Gasteiger partial charge in [-0.25, -0.2) is 0 Å². The van der Waals surface area contributed by atoms with E-state index in [4.69, 9.17) is 32.5 Å². The van der Waals surface area contributed by atoms with E-state index in [1.54, 1.807) is 12.1 Å². The van der Waals surface area contributed by atoms with Crippen LogP contribution in [0.15, 0.2) is 16.6 Å². The molecule has 2 amide bonds. The molecule has 1 aromatic rings. The van der Waals surface area contributed by atoms with Crippen LogP contribution in [0.5, 0.6) is 0 Å². The molecule has 30 heavy (non-hydrogen) atoms. The zero-order valence-corrected chi connectivity index (χ0v) is 20.4. The minimum Gasteiger partial charge on any atom is -0.408 e. The van der Waals surface area contributed by atoms with Gasteiger partial charge in [0.15, 0.2) is 0 Å². The van der Waals surface area contributed by atoms with Crippen molar-refractivity contribution in [3.05, 3.63) is 32.2 Å². The van der Waals surface area contributed by atoms with Gasteiger partial charge in [0, 0.05) is 30.8 Å². The number of nitrogens with zero attached hydrogens (tertiary/aromatic N) is 1. The van der Waals surface area contributed by atoms with E-state index >= 15 is 0 Å². The van der Waals surface area contributed by atoms with E-state index in [-0.39, 0.29) is 34.0 Å². The van der Waals surface area contributed by atoms with Crippen LogP contribution in [0.1, 0.15) is 30.6 Å². The zero-order chi connectivity index (χ0) is 22.3. The summed E-state index contributed by atoms with van der Waals surface area (Å²) in [5.41, 5.74) is 0.187. The van der Waals surface area contributed by atoms with Crippen LogP contribution in [0.25, 0.3) is 0 Å². The lowest BCUT2D eigenvalue weighted by atomic mass is 9.73. The van der Waals surface area contributed by atoms with Crippen LogP contribution in [0.2, 0.25) is 10.0 Å². The lowest BCUT2D eigenvalue weighted by molar-refractivity contribution is -0.120. The third kappa shape index (κ3) is 7.69. The molecule has 11 heteroatoms. The average Bonchev–Trinajstić information content (AvgIpc) is 2.65. The first-order chi connectivity index (χ1) is 14.2. The Bertz CT molecular complexity index is 747. The molecule has 1 atom stereocenters. The maximum atomic E-state index is 12.5. The van der Waals surface area contributed by atoms with Crippen molar-refractivity contribution in [2.24, 2.45) is 5.92 Å². The number of rotatable bonds is 7. The number of benzene rings is 1. The molecule has 2 N–H and O–H groups in total. The molecule has 166 valence electrons. The number of carbonyl (C=O) groups is 2. The topological polar surface area (TPSA) is 79.9 Å². The Hall–Kier alpha value is -0.835. The van der Waals surface area contributed by atoms with Gasteiger partial charge >= 0.3 is 7.12 Å². The molecule has 1 fully saturated rings. The molecular weight excluding hydrogens is 496 g/mol. The van der Waals surface area contributed by atoms with E-state index in [0.717, 1.165) is 13.1 Å². The monoisotopic (exact) mass is 521 g/mol. The van der Waals surface area contributed by atoms with Gasteiger partial charge in [0.2, 0.25) is 5.91 Å². The number of hydrogen-bond acceptors (Lipinski definition) is 5. The standard InChI is InChI=1S/C19H27BBrCl2N3O4/c1-12(2)10-15(20-29-8-6-26(3)7-9-30-20)25-16(27)11-24-19(28)17-13(21)4-5-14(22)18(17)23/h4-5,12,15H,6-11H2,1-3H3,(H,24,28)(H,25,27)/t15-/m0/s1. The van der Waals surface area contributed by atoms with Crippen LogP contribution in [0, 0.1) is 5.92 Å². The number of halogens is 3. The third-order valence-electron chi connectivity index (χ3n) is 4.59. The normalized spacial score (nSPS) is 16.7. The van der Waals surface area contributed by atoms with Crippen LogP contribution < -0.4 is 10.6 Å². The van der Waals surface area contributed by atoms with Crippen LogP contribution in [-0.4, -0.2) is 69.7 Å². The van der Waals surface area contributed by atoms with E-state index in [1.165, 1.54) is 0 Å². The number of likely N-dealkylation sites (N-methyl/N-ethyl adjacent to an activating group) is 1. The fourth-order valence-electron chi connectivity index (χ4n) is 3.03. The minimum absolute atomic E-state index is 0.128. The van der Waals surface area contributed by atoms with Gasteiger partial charge in [0.25, 0.3) is 5.91 Å². The molecule has 1 heterocycles. The highest BCUT2D eigenvalue weighted by Crippen LogP contribution is 2.31. The van der Waals surface area contributed by atoms with Gasteiger partial charge in [-0.15, -0.1) is 0 Å². The van der Waals surface area contributed by atoms with Crippen molar-refractivity contribution in [1.82, 2.24) is 15.5 Å². The van der Waals surface area contributed by atoms with Gasteiger partial charge < -0.3 is 24.8 Å². The Morgan fingerprint density at radius 3 is 2.47 bits per heavy atom. The predicted molar refractivity (Wildman–Crippen MR) is 123 cm³/mol. The number of amides is 2. The molecule has 0 saturated carbocycles. The molecular formula is C19H27BBrCl2N3O4. The molecule has 7 nitrogen and oxygen atoms in total. The van der Waals surface area contributed by atoms with Crippen LogP contribution in [-0.2, 0) is 14.1 Å². The molecule has 1 saturated heterocycles. The largest absolute Gasteiger partial charge is 0.480 e. The van der Waals surface area contributed by atoms with Gasteiger partial charge in [-0.2, -0.15) is 0 Å². The van der Waals surface area contributed by atoms with Crippen molar-refractivity contribution in [2.75, 3.05) is 39.9 Å². The van der Waals surface area contributed by atoms with E-state index in [0.29, 0.717) is 30.0 Å². The summed E-state index contributed by atoms with van der Waals surface area (Å²) in [5.74, 6) is -0.827. The quantitative estimate of drug-likeness (QED) is 0.425. The summed E-state index contributed by atoms with van der Waals surface area (Å²) in [4.78, 5) is 27.2. The Balaban J connectivity index is 1.97. The summed E-state index contributed by atoms with van der Waals surface area (Å²) in [5, 5.41) is 5.91. The lowest BCUT2D eigenvalue weighted by Gasteiger charge is -2.29. The highest BCUT2D eigenvalue weighted by atomic mass is 79.9. The van der Waals surface area contributed by atoms with Gasteiger partial charge in [-0.1, -0.05) is 37.0 Å². The smallest absolute Gasteiger partial charge is 0.408 e. The third-order valence-corrected chi connectivity index (χ3v) is 6.06. The average molecular weight is 523 g/mol. The SMILES string of the molecule is CC(C)C[C@H](NC(=O)CNC(=O)c1c(Br)ccc(Cl)c1Cl)B1OCCN(C)CCO1. The fraction of sp³-hybridized carbons (Fsp3) is 0.579. The second-order valence-corrected chi connectivity index (χ2v) is 9.26. The van der Waals surface area contributed by atoms with Crippen molar-refractivity contribution in [3.63, 3.8) is 0 Å². The van der Waals surface area contributed by atoms with Gasteiger partial charge in [0.05, 0.1) is 28.1 Å². The fourth-order valence-corrected chi connectivity index (χ4v) is 4.06. The second-order valence-electron chi connectivity index (χ2n) is 7.62. The molecule has 1 aromatic carbocycles. The minimum atomic E-state index is -0.530. The maximum Gasteiger partial charge on any atom is 0.480 e. The molecule has 0 aromatic heterocycles. The summed E-state index contributed by atoms with van der Waals surface area (Å²) in [7, 11) is 1.48. The maximum absolute atomic E-state index is 12.5. The highest BCUT2D eigenvalue weighted by molar-refractivity contribution is 9.10. The van der Waals surface area contributed by atoms with Gasteiger partial charge in [0.1, 0.15) is 0 Å². The molecule has 0 aliphatic carbocycles. The number of carbonyl (C=O) groups excluding carboxylic acids is 2. The summed E-state index contributed by atoms with van der Waals surface area (Å²) < 4.78 is 12.2. The Morgan fingerprint density at radius 1 is 1.23 bits per heavy atom.